The summed E-state index contributed by atoms with van der Waals surface area (Å²) in [7, 11) is 0. The molecule has 6 N–H and O–H groups in total. The number of aliphatic hydroxyl groups is 1. The summed E-state index contributed by atoms with van der Waals surface area (Å²) in [6.07, 6.45) is 0.0278. The molecule has 3 atom stereocenters. The zero-order chi connectivity index (χ0) is 12.9. The molecule has 0 unspecified atom stereocenters. The molecule has 9 nitrogen and oxygen atoms in total. The Morgan fingerprint density at radius 1 is 1.61 bits per heavy atom. The van der Waals surface area contributed by atoms with Gasteiger partial charge in [0.1, 0.15) is 0 Å². The third kappa shape index (κ3) is 1.49. The van der Waals surface area contributed by atoms with Gasteiger partial charge in [0.05, 0.1) is 25.1 Å². The third-order valence-electron chi connectivity index (χ3n) is 2.94. The Kier molecular flexibility index (Phi) is 2.33. The maximum atomic E-state index is 11.6. The minimum atomic E-state index is -0.758. The van der Waals surface area contributed by atoms with E-state index in [2.05, 4.69) is 15.0 Å². The van der Waals surface area contributed by atoms with Crippen LogP contribution < -0.4 is 17.0 Å². The maximum absolute atomic E-state index is 11.6. The third-order valence-corrected chi connectivity index (χ3v) is 2.94. The number of imidazole rings is 1. The van der Waals surface area contributed by atoms with Crippen molar-refractivity contribution in [3.8, 4) is 0 Å². The fraction of sp³-hybridized carbons (Fsp3) is 0.444. The molecule has 0 bridgehead atoms. The van der Waals surface area contributed by atoms with E-state index in [0.29, 0.717) is 0 Å². The number of nitrogens with one attached hydrogen (secondary N) is 1. The Bertz CT molecular complexity index is 649. The van der Waals surface area contributed by atoms with Crippen LogP contribution in [-0.4, -0.2) is 43.4 Å². The monoisotopic (exact) mass is 252 g/mol. The van der Waals surface area contributed by atoms with Crippen LogP contribution in [0.3, 0.4) is 0 Å². The van der Waals surface area contributed by atoms with Crippen molar-refractivity contribution in [1.29, 1.82) is 0 Å². The van der Waals surface area contributed by atoms with Gasteiger partial charge in [0.15, 0.2) is 17.4 Å². The maximum Gasteiger partial charge on any atom is 0.280 e. The number of nitrogens with two attached hydrogens (primary N) is 2. The molecule has 0 aromatic carbocycles. The van der Waals surface area contributed by atoms with Crippen molar-refractivity contribution in [3.63, 3.8) is 0 Å². The molecule has 1 aliphatic rings. The second-order valence-corrected chi connectivity index (χ2v) is 4.14. The van der Waals surface area contributed by atoms with Gasteiger partial charge >= 0.3 is 0 Å². The SMILES string of the molecule is Nc1nc2c(ncn2[C@@H]2OC[C@H](O)[C@H]2N)c(=O)[nH]1. The molecule has 1 saturated heterocycles. The molecule has 0 aliphatic carbocycles. The summed E-state index contributed by atoms with van der Waals surface area (Å²) < 4.78 is 6.87. The molecule has 3 heterocycles. The quantitative estimate of drug-likeness (QED) is 0.455. The molecule has 96 valence electrons. The van der Waals surface area contributed by atoms with Gasteiger partial charge in [0.25, 0.3) is 5.56 Å². The van der Waals surface area contributed by atoms with Gasteiger partial charge in [-0.05, 0) is 0 Å². The molecular weight excluding hydrogens is 240 g/mol. The van der Waals surface area contributed by atoms with E-state index in [9.17, 15) is 9.90 Å². The number of nitrogens with zero attached hydrogens (tertiary/aromatic N) is 3. The van der Waals surface area contributed by atoms with Crippen molar-refractivity contribution in [2.45, 2.75) is 18.4 Å². The number of ether oxygens (including phenoxy) is 1. The first-order valence-corrected chi connectivity index (χ1v) is 5.35. The van der Waals surface area contributed by atoms with Gasteiger partial charge in [0.2, 0.25) is 5.95 Å². The second kappa shape index (κ2) is 3.77. The highest BCUT2D eigenvalue weighted by atomic mass is 16.5. The predicted octanol–water partition coefficient (Wildman–Crippen LogP) is -2.08. The number of fused-ring (bicyclic) bond motifs is 1. The number of nitrogen functional groups attached to an aromatic ring is 1. The van der Waals surface area contributed by atoms with E-state index >= 15 is 0 Å². The number of anilines is 1. The van der Waals surface area contributed by atoms with E-state index in [4.69, 9.17) is 16.2 Å². The predicted molar refractivity (Wildman–Crippen MR) is 61.5 cm³/mol. The molecule has 0 spiro atoms. The molecular formula is C9H12N6O3. The van der Waals surface area contributed by atoms with Crippen LogP contribution in [0, 0.1) is 0 Å². The van der Waals surface area contributed by atoms with Crippen LogP contribution in [0.25, 0.3) is 11.2 Å². The summed E-state index contributed by atoms with van der Waals surface area (Å²) in [4.78, 5) is 21.9. The Morgan fingerprint density at radius 2 is 2.39 bits per heavy atom. The summed E-state index contributed by atoms with van der Waals surface area (Å²) in [5.74, 6) is -0.0126. The fourth-order valence-electron chi connectivity index (χ4n) is 2.00. The van der Waals surface area contributed by atoms with Crippen LogP contribution in [0.15, 0.2) is 11.1 Å². The van der Waals surface area contributed by atoms with Crippen LogP contribution >= 0.6 is 0 Å². The number of aliphatic hydroxyl groups excluding tert-OH is 1. The van der Waals surface area contributed by atoms with E-state index in [0.717, 1.165) is 0 Å². The summed E-state index contributed by atoms with van der Waals surface area (Å²) in [5.41, 5.74) is 11.3. The number of H-pyrrole nitrogens is 1. The highest BCUT2D eigenvalue weighted by Gasteiger charge is 2.35. The topological polar surface area (TPSA) is 145 Å². The number of hydrogen-bond acceptors (Lipinski definition) is 7. The molecule has 2 aromatic rings. The van der Waals surface area contributed by atoms with Crippen LogP contribution in [0.5, 0.6) is 0 Å². The van der Waals surface area contributed by atoms with Crippen molar-refractivity contribution in [2.24, 2.45) is 5.73 Å². The highest BCUT2D eigenvalue weighted by Crippen LogP contribution is 2.24. The first-order valence-electron chi connectivity index (χ1n) is 5.35. The van der Waals surface area contributed by atoms with E-state index in [-0.39, 0.29) is 23.7 Å². The Balaban J connectivity index is 2.16. The second-order valence-electron chi connectivity index (χ2n) is 4.14. The first-order chi connectivity index (χ1) is 8.58. The van der Waals surface area contributed by atoms with Crippen LogP contribution in [0.4, 0.5) is 5.95 Å². The standard InChI is InChI=1S/C9H12N6O3/c10-4-3(16)1-18-8(4)15-2-12-5-6(15)13-9(11)14-7(5)17/h2-4,8,16H,1,10H2,(H3,11,13,14,17)/t3-,4+,8+/m0/s1. The molecule has 2 aromatic heterocycles. The van der Waals surface area contributed by atoms with Gasteiger partial charge in [0, 0.05) is 0 Å². The van der Waals surface area contributed by atoms with Crippen molar-refractivity contribution >= 4 is 17.1 Å². The van der Waals surface area contributed by atoms with Crippen LogP contribution in [0.1, 0.15) is 6.23 Å². The van der Waals surface area contributed by atoms with E-state index in [1.54, 1.807) is 0 Å². The van der Waals surface area contributed by atoms with E-state index in [1.165, 1.54) is 10.9 Å². The van der Waals surface area contributed by atoms with Crippen molar-refractivity contribution in [3.05, 3.63) is 16.7 Å². The van der Waals surface area contributed by atoms with E-state index in [1.807, 2.05) is 0 Å². The minimum absolute atomic E-state index is 0.0126. The number of hydrogen-bond donors (Lipinski definition) is 4. The lowest BCUT2D eigenvalue weighted by Crippen LogP contribution is -2.36. The first kappa shape index (κ1) is 11.1. The van der Waals surface area contributed by atoms with Gasteiger partial charge < -0.3 is 21.3 Å². The molecule has 1 aliphatic heterocycles. The lowest BCUT2D eigenvalue weighted by molar-refractivity contribution is 0.0465. The Hall–Kier alpha value is -1.97. The Labute approximate surface area is 100 Å². The average Bonchev–Trinajstić information content (AvgIpc) is 2.85. The van der Waals surface area contributed by atoms with Gasteiger partial charge in [-0.25, -0.2) is 4.98 Å². The summed E-state index contributed by atoms with van der Waals surface area (Å²) in [6, 6.07) is -0.607. The number of rotatable bonds is 1. The fourth-order valence-corrected chi connectivity index (χ4v) is 2.00. The highest BCUT2D eigenvalue weighted by molar-refractivity contribution is 5.70. The molecule has 18 heavy (non-hydrogen) atoms. The van der Waals surface area contributed by atoms with Crippen molar-refractivity contribution < 1.29 is 9.84 Å². The van der Waals surface area contributed by atoms with Crippen molar-refractivity contribution in [1.82, 2.24) is 19.5 Å². The lowest BCUT2D eigenvalue weighted by Gasteiger charge is -2.17. The largest absolute Gasteiger partial charge is 0.389 e. The zero-order valence-corrected chi connectivity index (χ0v) is 9.28. The van der Waals surface area contributed by atoms with Crippen LogP contribution in [0.2, 0.25) is 0 Å². The van der Waals surface area contributed by atoms with Crippen LogP contribution in [-0.2, 0) is 4.74 Å². The molecule has 0 radical (unpaired) electrons. The van der Waals surface area contributed by atoms with Gasteiger partial charge in [-0.3, -0.25) is 14.3 Å². The average molecular weight is 252 g/mol. The smallest absolute Gasteiger partial charge is 0.280 e. The minimum Gasteiger partial charge on any atom is -0.389 e. The van der Waals surface area contributed by atoms with E-state index < -0.39 is 23.9 Å². The summed E-state index contributed by atoms with van der Waals surface area (Å²) in [5, 5.41) is 9.55. The lowest BCUT2D eigenvalue weighted by atomic mass is 10.2. The molecule has 1 fully saturated rings. The molecule has 3 rings (SSSR count). The molecule has 9 heteroatoms. The summed E-state index contributed by atoms with van der Waals surface area (Å²) in [6.45, 7) is 0.129. The van der Waals surface area contributed by atoms with Gasteiger partial charge in [-0.2, -0.15) is 4.98 Å². The van der Waals surface area contributed by atoms with Gasteiger partial charge in [-0.1, -0.05) is 0 Å². The normalized spacial score (nSPS) is 28.0. The van der Waals surface area contributed by atoms with Gasteiger partial charge in [-0.15, -0.1) is 0 Å². The Morgan fingerprint density at radius 3 is 3.06 bits per heavy atom. The molecule has 0 saturated carbocycles. The zero-order valence-electron chi connectivity index (χ0n) is 9.28. The number of aromatic nitrogens is 4. The number of aromatic amines is 1. The molecule has 0 amide bonds. The van der Waals surface area contributed by atoms with Crippen molar-refractivity contribution in [2.75, 3.05) is 12.3 Å². The summed E-state index contributed by atoms with van der Waals surface area (Å²) >= 11 is 0.